The minimum absolute atomic E-state index is 0.194. The maximum absolute atomic E-state index is 11.2. The highest BCUT2D eigenvalue weighted by atomic mass is 16.5. The number of esters is 1. The van der Waals surface area contributed by atoms with Crippen molar-refractivity contribution in [3.05, 3.63) is 40.6 Å². The predicted molar refractivity (Wildman–Crippen MR) is 76.3 cm³/mol. The van der Waals surface area contributed by atoms with Crippen molar-refractivity contribution in [1.29, 1.82) is 0 Å². The molecule has 3 heteroatoms. The second kappa shape index (κ2) is 5.39. The number of hydrogen-bond donors (Lipinski definition) is 0. The van der Waals surface area contributed by atoms with Crippen molar-refractivity contribution in [1.82, 2.24) is 4.98 Å². The van der Waals surface area contributed by atoms with Gasteiger partial charge < -0.3 is 4.74 Å². The summed E-state index contributed by atoms with van der Waals surface area (Å²) in [4.78, 5) is 15.8. The molecule has 0 aliphatic carbocycles. The van der Waals surface area contributed by atoms with Crippen LogP contribution in [-0.4, -0.2) is 18.1 Å². The maximum atomic E-state index is 11.2. The number of aryl methyl sites for hydroxylation is 4. The molecule has 0 spiro atoms. The monoisotopic (exact) mass is 257 g/mol. The number of fused-ring (bicyclic) bond motifs is 1. The molecule has 0 fully saturated rings. The zero-order valence-corrected chi connectivity index (χ0v) is 11.9. The Kier molecular flexibility index (Phi) is 3.84. The molecule has 0 radical (unpaired) electrons. The van der Waals surface area contributed by atoms with Crippen molar-refractivity contribution < 1.29 is 9.53 Å². The van der Waals surface area contributed by atoms with Gasteiger partial charge in [-0.15, -0.1) is 0 Å². The van der Waals surface area contributed by atoms with Gasteiger partial charge in [-0.3, -0.25) is 9.78 Å². The molecule has 1 aromatic heterocycles. The van der Waals surface area contributed by atoms with E-state index in [1.54, 1.807) is 0 Å². The summed E-state index contributed by atoms with van der Waals surface area (Å²) in [7, 11) is 1.41. The van der Waals surface area contributed by atoms with Crippen LogP contribution in [0.2, 0.25) is 0 Å². The molecule has 1 heterocycles. The number of ether oxygens (including phenoxy) is 1. The Bertz CT molecular complexity index is 632. The second-order valence-corrected chi connectivity index (χ2v) is 4.98. The van der Waals surface area contributed by atoms with Gasteiger partial charge in [0.2, 0.25) is 0 Å². The highest BCUT2D eigenvalue weighted by Gasteiger charge is 2.08. The Labute approximate surface area is 113 Å². The van der Waals surface area contributed by atoms with Gasteiger partial charge in [0, 0.05) is 17.5 Å². The lowest BCUT2D eigenvalue weighted by Crippen LogP contribution is -2.03. The zero-order chi connectivity index (χ0) is 14.0. The molecule has 0 amide bonds. The van der Waals surface area contributed by atoms with Crippen molar-refractivity contribution in [2.45, 2.75) is 33.6 Å². The Morgan fingerprint density at radius 3 is 2.53 bits per heavy atom. The standard InChI is InChI=1S/C16H19NO2/c1-10-7-11(2)16-12(3)9-13(17-14(16)8-10)5-6-15(18)19-4/h7-9H,5-6H2,1-4H3. The lowest BCUT2D eigenvalue weighted by molar-refractivity contribution is -0.140. The number of rotatable bonds is 3. The molecule has 1 aromatic carbocycles. The first-order chi connectivity index (χ1) is 9.01. The van der Waals surface area contributed by atoms with Gasteiger partial charge in [-0.1, -0.05) is 6.07 Å². The Morgan fingerprint density at radius 1 is 1.16 bits per heavy atom. The number of hydrogen-bond acceptors (Lipinski definition) is 3. The Morgan fingerprint density at radius 2 is 1.84 bits per heavy atom. The first-order valence-corrected chi connectivity index (χ1v) is 6.45. The van der Waals surface area contributed by atoms with Gasteiger partial charge in [-0.05, 0) is 49.6 Å². The van der Waals surface area contributed by atoms with E-state index in [9.17, 15) is 4.79 Å². The van der Waals surface area contributed by atoms with Crippen LogP contribution in [0.1, 0.15) is 28.8 Å². The quantitative estimate of drug-likeness (QED) is 0.792. The minimum atomic E-state index is -0.194. The van der Waals surface area contributed by atoms with Crippen molar-refractivity contribution in [3.8, 4) is 0 Å². The van der Waals surface area contributed by atoms with Crippen LogP contribution in [0.15, 0.2) is 18.2 Å². The first kappa shape index (κ1) is 13.5. The third-order valence-electron chi connectivity index (χ3n) is 3.31. The third-order valence-corrected chi connectivity index (χ3v) is 3.31. The molecule has 2 rings (SSSR count). The van der Waals surface area contributed by atoms with Crippen LogP contribution in [0.5, 0.6) is 0 Å². The van der Waals surface area contributed by atoms with Gasteiger partial charge in [0.25, 0.3) is 0 Å². The third kappa shape index (κ3) is 2.92. The molecule has 0 N–H and O–H groups in total. The SMILES string of the molecule is COC(=O)CCc1cc(C)c2c(C)cc(C)cc2n1. The number of carbonyl (C=O) groups is 1. The largest absolute Gasteiger partial charge is 0.469 e. The minimum Gasteiger partial charge on any atom is -0.469 e. The van der Waals surface area contributed by atoms with E-state index in [1.807, 2.05) is 0 Å². The number of carbonyl (C=O) groups excluding carboxylic acids is 1. The molecular formula is C16H19NO2. The van der Waals surface area contributed by atoms with Crippen molar-refractivity contribution in [3.63, 3.8) is 0 Å². The molecular weight excluding hydrogens is 238 g/mol. The average molecular weight is 257 g/mol. The lowest BCUT2D eigenvalue weighted by atomic mass is 10.0. The Hall–Kier alpha value is -1.90. The molecule has 0 saturated heterocycles. The fourth-order valence-corrected chi connectivity index (χ4v) is 2.52. The highest BCUT2D eigenvalue weighted by Crippen LogP contribution is 2.23. The number of pyridine rings is 1. The van der Waals surface area contributed by atoms with Crippen LogP contribution < -0.4 is 0 Å². The molecule has 0 aliphatic rings. The normalized spacial score (nSPS) is 10.7. The smallest absolute Gasteiger partial charge is 0.305 e. The molecule has 0 bridgehead atoms. The molecule has 0 aliphatic heterocycles. The number of nitrogens with zero attached hydrogens (tertiary/aromatic N) is 1. The van der Waals surface area contributed by atoms with Crippen LogP contribution in [0, 0.1) is 20.8 Å². The molecule has 2 aromatic rings. The van der Waals surface area contributed by atoms with Gasteiger partial charge in [-0.25, -0.2) is 0 Å². The fourth-order valence-electron chi connectivity index (χ4n) is 2.52. The summed E-state index contributed by atoms with van der Waals surface area (Å²) >= 11 is 0. The van der Waals surface area contributed by atoms with E-state index in [-0.39, 0.29) is 5.97 Å². The fraction of sp³-hybridized carbons (Fsp3) is 0.375. The summed E-state index contributed by atoms with van der Waals surface area (Å²) in [5, 5.41) is 1.22. The summed E-state index contributed by atoms with van der Waals surface area (Å²) in [6.07, 6.45) is 0.996. The molecule has 0 atom stereocenters. The Balaban J connectivity index is 2.41. The van der Waals surface area contributed by atoms with E-state index in [2.05, 4.69) is 48.7 Å². The van der Waals surface area contributed by atoms with Crippen LogP contribution in [-0.2, 0) is 16.0 Å². The summed E-state index contributed by atoms with van der Waals surface area (Å²) < 4.78 is 4.66. The van der Waals surface area contributed by atoms with Gasteiger partial charge in [-0.2, -0.15) is 0 Å². The molecule has 100 valence electrons. The van der Waals surface area contributed by atoms with E-state index in [4.69, 9.17) is 0 Å². The topological polar surface area (TPSA) is 39.2 Å². The van der Waals surface area contributed by atoms with Crippen LogP contribution in [0.3, 0.4) is 0 Å². The number of aromatic nitrogens is 1. The lowest BCUT2D eigenvalue weighted by Gasteiger charge is -2.10. The van der Waals surface area contributed by atoms with Crippen LogP contribution >= 0.6 is 0 Å². The predicted octanol–water partition coefficient (Wildman–Crippen LogP) is 3.27. The molecule has 0 unspecified atom stereocenters. The van der Waals surface area contributed by atoms with E-state index >= 15 is 0 Å². The zero-order valence-electron chi connectivity index (χ0n) is 11.9. The maximum Gasteiger partial charge on any atom is 0.305 e. The van der Waals surface area contributed by atoms with E-state index in [0.717, 1.165) is 11.2 Å². The van der Waals surface area contributed by atoms with Gasteiger partial charge in [0.15, 0.2) is 0 Å². The first-order valence-electron chi connectivity index (χ1n) is 6.45. The summed E-state index contributed by atoms with van der Waals surface area (Å²) in [6, 6.07) is 6.33. The second-order valence-electron chi connectivity index (χ2n) is 4.98. The number of methoxy groups -OCH3 is 1. The van der Waals surface area contributed by atoms with Crippen LogP contribution in [0.25, 0.3) is 10.9 Å². The highest BCUT2D eigenvalue weighted by molar-refractivity contribution is 5.86. The van der Waals surface area contributed by atoms with Gasteiger partial charge >= 0.3 is 5.97 Å². The molecule has 19 heavy (non-hydrogen) atoms. The van der Waals surface area contributed by atoms with Crippen molar-refractivity contribution in [2.75, 3.05) is 7.11 Å². The van der Waals surface area contributed by atoms with Crippen molar-refractivity contribution in [2.24, 2.45) is 0 Å². The molecule has 0 saturated carbocycles. The van der Waals surface area contributed by atoms with E-state index in [1.165, 1.54) is 29.2 Å². The average Bonchev–Trinajstić information content (AvgIpc) is 2.34. The molecule has 3 nitrogen and oxygen atoms in total. The van der Waals surface area contributed by atoms with Gasteiger partial charge in [0.05, 0.1) is 19.0 Å². The summed E-state index contributed by atoms with van der Waals surface area (Å²) in [5.74, 6) is -0.194. The van der Waals surface area contributed by atoms with E-state index < -0.39 is 0 Å². The summed E-state index contributed by atoms with van der Waals surface area (Å²) in [6.45, 7) is 6.27. The summed E-state index contributed by atoms with van der Waals surface area (Å²) in [5.41, 5.74) is 5.63. The van der Waals surface area contributed by atoms with Crippen molar-refractivity contribution >= 4 is 16.9 Å². The van der Waals surface area contributed by atoms with E-state index in [0.29, 0.717) is 12.8 Å². The van der Waals surface area contributed by atoms with Crippen LogP contribution in [0.4, 0.5) is 0 Å². The van der Waals surface area contributed by atoms with Gasteiger partial charge in [0.1, 0.15) is 0 Å². The number of benzene rings is 1.